The number of amides is 1. The first-order valence-corrected chi connectivity index (χ1v) is 7.70. The number of rotatable bonds is 4. The fraction of sp³-hybridized carbons (Fsp3) is 0.133. The Hall–Kier alpha value is -2.68. The van der Waals surface area contributed by atoms with Crippen LogP contribution in [0.15, 0.2) is 47.1 Å². The van der Waals surface area contributed by atoms with Crippen molar-refractivity contribution in [3.8, 4) is 0 Å². The number of nitrogens with one attached hydrogen (secondary N) is 1. The van der Waals surface area contributed by atoms with E-state index in [0.717, 1.165) is 17.1 Å². The molecule has 0 fully saturated rings. The number of carbonyl (C=O) groups is 1. The number of hydrogen-bond donors (Lipinski definition) is 1. The Morgan fingerprint density at radius 3 is 2.75 bits per heavy atom. The molecule has 1 amide bonds. The summed E-state index contributed by atoms with van der Waals surface area (Å²) < 4.78 is 39.1. The predicted molar refractivity (Wildman–Crippen MR) is 84.0 cm³/mol. The van der Waals surface area contributed by atoms with Gasteiger partial charge in [0.15, 0.2) is 4.96 Å². The summed E-state index contributed by atoms with van der Waals surface area (Å²) in [5, 5.41) is 5.62. The third kappa shape index (κ3) is 3.80. The van der Waals surface area contributed by atoms with Gasteiger partial charge in [0.1, 0.15) is 0 Å². The Labute approximate surface area is 138 Å². The standard InChI is InChI=1S/C15H11F3N4OS/c16-15(17,18)11-3-1-10(2-4-11)8-19-21-13(23)7-12-9-22-5-6-24-14(22)20-12/h1-6,8-9H,7H2,(H,21,23)/b19-8-. The molecular formula is C15H11F3N4OS. The molecule has 0 aliphatic rings. The van der Waals surface area contributed by atoms with Gasteiger partial charge in [-0.3, -0.25) is 9.20 Å². The fourth-order valence-corrected chi connectivity index (χ4v) is 2.72. The van der Waals surface area contributed by atoms with Crippen molar-refractivity contribution in [2.75, 3.05) is 0 Å². The van der Waals surface area contributed by atoms with Gasteiger partial charge in [-0.2, -0.15) is 18.3 Å². The van der Waals surface area contributed by atoms with Crippen LogP contribution in [0.2, 0.25) is 0 Å². The maximum Gasteiger partial charge on any atom is 0.416 e. The molecule has 3 aromatic rings. The largest absolute Gasteiger partial charge is 0.416 e. The molecule has 0 unspecified atom stereocenters. The number of carbonyl (C=O) groups excluding carboxylic acids is 1. The van der Waals surface area contributed by atoms with Crippen molar-refractivity contribution in [3.05, 3.63) is 58.9 Å². The molecule has 9 heteroatoms. The van der Waals surface area contributed by atoms with E-state index in [1.165, 1.54) is 29.7 Å². The number of alkyl halides is 3. The van der Waals surface area contributed by atoms with E-state index in [-0.39, 0.29) is 12.3 Å². The molecule has 0 saturated carbocycles. The van der Waals surface area contributed by atoms with E-state index in [0.29, 0.717) is 11.3 Å². The van der Waals surface area contributed by atoms with E-state index in [1.807, 2.05) is 16.0 Å². The zero-order valence-corrected chi connectivity index (χ0v) is 12.9. The van der Waals surface area contributed by atoms with Crippen LogP contribution in [0.4, 0.5) is 13.2 Å². The summed E-state index contributed by atoms with van der Waals surface area (Å²) in [6.07, 6.45) is 0.576. The topological polar surface area (TPSA) is 58.8 Å². The first-order chi connectivity index (χ1) is 11.4. The summed E-state index contributed by atoms with van der Waals surface area (Å²) in [4.78, 5) is 16.8. The maximum absolute atomic E-state index is 12.4. The molecule has 0 aliphatic heterocycles. The van der Waals surface area contributed by atoms with Gasteiger partial charge in [-0.05, 0) is 17.7 Å². The Kier molecular flexibility index (Phi) is 4.34. The Morgan fingerprint density at radius 1 is 1.33 bits per heavy atom. The lowest BCUT2D eigenvalue weighted by Crippen LogP contribution is -2.19. The first-order valence-electron chi connectivity index (χ1n) is 6.82. The number of nitrogens with zero attached hydrogens (tertiary/aromatic N) is 3. The van der Waals surface area contributed by atoms with Gasteiger partial charge in [0, 0.05) is 17.8 Å². The molecule has 0 bridgehead atoms. The predicted octanol–water partition coefficient (Wildman–Crippen LogP) is 3.11. The zero-order chi connectivity index (χ0) is 17.2. The third-order valence-electron chi connectivity index (χ3n) is 3.13. The minimum absolute atomic E-state index is 0.0682. The molecule has 1 N–H and O–H groups in total. The van der Waals surface area contributed by atoms with Gasteiger partial charge in [0.05, 0.1) is 23.9 Å². The van der Waals surface area contributed by atoms with Gasteiger partial charge in [0.25, 0.3) is 0 Å². The van der Waals surface area contributed by atoms with Crippen molar-refractivity contribution in [1.82, 2.24) is 14.8 Å². The van der Waals surface area contributed by atoms with Crippen LogP contribution in [0.3, 0.4) is 0 Å². The van der Waals surface area contributed by atoms with Crippen molar-refractivity contribution < 1.29 is 18.0 Å². The summed E-state index contributed by atoms with van der Waals surface area (Å²) >= 11 is 1.46. The molecule has 2 heterocycles. The summed E-state index contributed by atoms with van der Waals surface area (Å²) in [5.41, 5.74) is 2.66. The van der Waals surface area contributed by atoms with Crippen molar-refractivity contribution in [2.24, 2.45) is 5.10 Å². The second kappa shape index (κ2) is 6.44. The molecule has 3 rings (SSSR count). The van der Waals surface area contributed by atoms with Gasteiger partial charge in [-0.1, -0.05) is 12.1 Å². The molecule has 5 nitrogen and oxygen atoms in total. The highest BCUT2D eigenvalue weighted by Crippen LogP contribution is 2.28. The van der Waals surface area contributed by atoms with Crippen molar-refractivity contribution in [3.63, 3.8) is 0 Å². The first kappa shape index (κ1) is 16.2. The molecule has 24 heavy (non-hydrogen) atoms. The van der Waals surface area contributed by atoms with Crippen molar-refractivity contribution in [2.45, 2.75) is 12.6 Å². The number of thiazole rings is 1. The number of imidazole rings is 1. The second-order valence-electron chi connectivity index (χ2n) is 4.91. The SMILES string of the molecule is O=C(Cc1cn2ccsc2n1)N/N=C\c1ccc(C(F)(F)F)cc1. The summed E-state index contributed by atoms with van der Waals surface area (Å²) in [5.74, 6) is -0.357. The molecular weight excluding hydrogens is 341 g/mol. The normalized spacial score (nSPS) is 12.1. The van der Waals surface area contributed by atoms with Crippen LogP contribution < -0.4 is 5.43 Å². The van der Waals surface area contributed by atoms with E-state index >= 15 is 0 Å². The lowest BCUT2D eigenvalue weighted by atomic mass is 10.1. The molecule has 124 valence electrons. The average molecular weight is 352 g/mol. The van der Waals surface area contributed by atoms with Gasteiger partial charge in [-0.15, -0.1) is 11.3 Å². The monoisotopic (exact) mass is 352 g/mol. The highest BCUT2D eigenvalue weighted by molar-refractivity contribution is 7.15. The van der Waals surface area contributed by atoms with Crippen LogP contribution in [0.1, 0.15) is 16.8 Å². The van der Waals surface area contributed by atoms with Crippen LogP contribution >= 0.6 is 11.3 Å². The summed E-state index contributed by atoms with van der Waals surface area (Å²) in [6.45, 7) is 0. The van der Waals surface area contributed by atoms with E-state index in [1.54, 1.807) is 6.20 Å². The number of benzene rings is 1. The number of fused-ring (bicyclic) bond motifs is 1. The van der Waals surface area contributed by atoms with Crippen LogP contribution in [0, 0.1) is 0 Å². The van der Waals surface area contributed by atoms with Crippen molar-refractivity contribution >= 4 is 28.4 Å². The van der Waals surface area contributed by atoms with Crippen molar-refractivity contribution in [1.29, 1.82) is 0 Å². The van der Waals surface area contributed by atoms with Gasteiger partial charge in [-0.25, -0.2) is 10.4 Å². The van der Waals surface area contributed by atoms with Gasteiger partial charge >= 0.3 is 6.18 Å². The minimum atomic E-state index is -4.37. The smallest absolute Gasteiger partial charge is 0.297 e. The van der Waals surface area contributed by atoms with E-state index < -0.39 is 11.7 Å². The minimum Gasteiger partial charge on any atom is -0.297 e. The van der Waals surface area contributed by atoms with E-state index in [4.69, 9.17) is 0 Å². The second-order valence-corrected chi connectivity index (χ2v) is 5.79. The Morgan fingerprint density at radius 2 is 2.08 bits per heavy atom. The van der Waals surface area contributed by atoms with Crippen LogP contribution in [-0.4, -0.2) is 21.5 Å². The van der Waals surface area contributed by atoms with Crippen LogP contribution in [-0.2, 0) is 17.4 Å². The van der Waals surface area contributed by atoms with Gasteiger partial charge in [0.2, 0.25) is 5.91 Å². The number of hydrogen-bond acceptors (Lipinski definition) is 4. The van der Waals surface area contributed by atoms with Crippen LogP contribution in [0.5, 0.6) is 0 Å². The van der Waals surface area contributed by atoms with E-state index in [9.17, 15) is 18.0 Å². The molecule has 0 atom stereocenters. The van der Waals surface area contributed by atoms with E-state index in [2.05, 4.69) is 15.5 Å². The van der Waals surface area contributed by atoms with Crippen LogP contribution in [0.25, 0.3) is 4.96 Å². The number of hydrazone groups is 1. The molecule has 0 saturated heterocycles. The average Bonchev–Trinajstić information content (AvgIpc) is 3.08. The molecule has 2 aromatic heterocycles. The molecule has 0 spiro atoms. The third-order valence-corrected chi connectivity index (χ3v) is 3.90. The molecule has 1 aromatic carbocycles. The maximum atomic E-state index is 12.4. The summed E-state index contributed by atoms with van der Waals surface area (Å²) in [7, 11) is 0. The highest BCUT2D eigenvalue weighted by Gasteiger charge is 2.29. The van der Waals surface area contributed by atoms with Gasteiger partial charge < -0.3 is 0 Å². The number of aromatic nitrogens is 2. The molecule has 0 radical (unpaired) electrons. The number of halogens is 3. The highest BCUT2D eigenvalue weighted by atomic mass is 32.1. The summed E-state index contributed by atoms with van der Waals surface area (Å²) in [6, 6.07) is 4.48. The quantitative estimate of drug-likeness (QED) is 0.579. The Bertz CT molecular complexity index is 852. The fourth-order valence-electron chi connectivity index (χ4n) is 2.00. The lowest BCUT2D eigenvalue weighted by Gasteiger charge is -2.05. The molecule has 0 aliphatic carbocycles. The lowest BCUT2D eigenvalue weighted by molar-refractivity contribution is -0.137. The zero-order valence-electron chi connectivity index (χ0n) is 12.1. The Balaban J connectivity index is 1.55.